The van der Waals surface area contributed by atoms with E-state index in [4.69, 9.17) is 4.74 Å². The number of pyridine rings is 1. The highest BCUT2D eigenvalue weighted by Crippen LogP contribution is 2.32. The quantitative estimate of drug-likeness (QED) is 0.859. The maximum atomic E-state index is 13.1. The Morgan fingerprint density at radius 1 is 1.28 bits per heavy atom. The molecule has 0 N–H and O–H groups in total. The number of methoxy groups -OCH3 is 1. The van der Waals surface area contributed by atoms with E-state index in [9.17, 15) is 10.1 Å². The Morgan fingerprint density at radius 2 is 2.08 bits per heavy atom. The van der Waals surface area contributed by atoms with Crippen molar-refractivity contribution in [1.82, 2.24) is 9.88 Å². The molecule has 1 amide bonds. The molecule has 128 valence electrons. The number of hydrogen-bond acceptors (Lipinski definition) is 4. The molecule has 1 aromatic heterocycles. The van der Waals surface area contributed by atoms with Crippen LogP contribution in [-0.4, -0.2) is 35.5 Å². The number of nitriles is 1. The molecule has 2 atom stereocenters. The van der Waals surface area contributed by atoms with Gasteiger partial charge < -0.3 is 9.64 Å². The van der Waals surface area contributed by atoms with E-state index in [1.165, 1.54) is 7.11 Å². The second-order valence-electron chi connectivity index (χ2n) is 6.14. The first-order valence-electron chi connectivity index (χ1n) is 8.50. The molecule has 0 spiro atoms. The van der Waals surface area contributed by atoms with Crippen LogP contribution in [0.15, 0.2) is 48.7 Å². The van der Waals surface area contributed by atoms with Gasteiger partial charge in [-0.1, -0.05) is 30.3 Å². The largest absolute Gasteiger partial charge is 0.480 e. The molecule has 2 heterocycles. The van der Waals surface area contributed by atoms with E-state index in [1.807, 2.05) is 35.2 Å². The molecule has 3 rings (SSSR count). The van der Waals surface area contributed by atoms with Crippen molar-refractivity contribution in [3.8, 4) is 11.9 Å². The molecule has 5 heteroatoms. The molecule has 0 aliphatic carbocycles. The zero-order valence-corrected chi connectivity index (χ0v) is 14.3. The third-order valence-electron chi connectivity index (χ3n) is 4.69. The van der Waals surface area contributed by atoms with Gasteiger partial charge in [-0.25, -0.2) is 4.98 Å². The third kappa shape index (κ3) is 3.48. The van der Waals surface area contributed by atoms with E-state index in [2.05, 4.69) is 11.1 Å². The van der Waals surface area contributed by atoms with Gasteiger partial charge in [-0.2, -0.15) is 5.26 Å². The van der Waals surface area contributed by atoms with E-state index in [0.29, 0.717) is 18.0 Å². The van der Waals surface area contributed by atoms with Crippen LogP contribution < -0.4 is 4.74 Å². The van der Waals surface area contributed by atoms with Crippen molar-refractivity contribution in [1.29, 1.82) is 5.26 Å². The van der Waals surface area contributed by atoms with Crippen LogP contribution in [0.3, 0.4) is 0 Å². The molecule has 1 aliphatic heterocycles. The van der Waals surface area contributed by atoms with Crippen LogP contribution >= 0.6 is 0 Å². The summed E-state index contributed by atoms with van der Waals surface area (Å²) < 4.78 is 5.24. The topological polar surface area (TPSA) is 66.2 Å². The Kier molecular flexibility index (Phi) is 5.30. The van der Waals surface area contributed by atoms with Crippen LogP contribution in [0.5, 0.6) is 5.88 Å². The number of aromatic nitrogens is 1. The van der Waals surface area contributed by atoms with Gasteiger partial charge in [0.15, 0.2) is 0 Å². The minimum atomic E-state index is -0.340. The summed E-state index contributed by atoms with van der Waals surface area (Å²) in [6.07, 6.45) is 4.38. The number of rotatable bonds is 4. The van der Waals surface area contributed by atoms with E-state index < -0.39 is 0 Å². The summed E-state index contributed by atoms with van der Waals surface area (Å²) in [6, 6.07) is 15.4. The van der Waals surface area contributed by atoms with E-state index >= 15 is 0 Å². The number of ether oxygens (including phenoxy) is 1. The van der Waals surface area contributed by atoms with Crippen LogP contribution in [0.2, 0.25) is 0 Å². The molecule has 0 radical (unpaired) electrons. The summed E-state index contributed by atoms with van der Waals surface area (Å²) in [6.45, 7) is 0.645. The minimum absolute atomic E-state index is 0.120. The molecule has 1 aromatic carbocycles. The van der Waals surface area contributed by atoms with Crippen LogP contribution in [-0.2, 0) is 0 Å². The highest BCUT2D eigenvalue weighted by molar-refractivity contribution is 5.96. The lowest BCUT2D eigenvalue weighted by Gasteiger charge is -2.38. The Labute approximate surface area is 147 Å². The molecule has 1 fully saturated rings. The summed E-state index contributed by atoms with van der Waals surface area (Å²) in [5.74, 6) is -0.135. The lowest BCUT2D eigenvalue weighted by atomic mass is 9.85. The van der Waals surface area contributed by atoms with Gasteiger partial charge in [0.1, 0.15) is 5.56 Å². The minimum Gasteiger partial charge on any atom is -0.480 e. The van der Waals surface area contributed by atoms with Gasteiger partial charge in [-0.3, -0.25) is 4.79 Å². The first kappa shape index (κ1) is 17.0. The number of carbonyl (C=O) groups excluding carboxylic acids is 1. The predicted octanol–water partition coefficient (Wildman–Crippen LogP) is 3.39. The van der Waals surface area contributed by atoms with Crippen LogP contribution in [0.4, 0.5) is 0 Å². The molecule has 1 aliphatic rings. The summed E-state index contributed by atoms with van der Waals surface area (Å²) >= 11 is 0. The smallest absolute Gasteiger partial charge is 0.259 e. The van der Waals surface area contributed by atoms with Crippen LogP contribution in [0.25, 0.3) is 0 Å². The Hall–Kier alpha value is -2.87. The molecule has 1 saturated heterocycles. The molecular weight excluding hydrogens is 314 g/mol. The van der Waals surface area contributed by atoms with Gasteiger partial charge in [0.05, 0.1) is 25.1 Å². The van der Waals surface area contributed by atoms with Crippen molar-refractivity contribution >= 4 is 5.91 Å². The average Bonchev–Trinajstić information content (AvgIpc) is 2.69. The van der Waals surface area contributed by atoms with Gasteiger partial charge in [0.25, 0.3) is 5.91 Å². The maximum absolute atomic E-state index is 13.1. The molecule has 5 nitrogen and oxygen atoms in total. The number of carbonyl (C=O) groups is 1. The summed E-state index contributed by atoms with van der Waals surface area (Å²) in [7, 11) is 1.51. The first-order chi connectivity index (χ1) is 12.3. The molecule has 2 unspecified atom stereocenters. The normalized spacial score (nSPS) is 18.2. The summed E-state index contributed by atoms with van der Waals surface area (Å²) in [4.78, 5) is 19.1. The van der Waals surface area contributed by atoms with Gasteiger partial charge >= 0.3 is 0 Å². The Morgan fingerprint density at radius 3 is 2.80 bits per heavy atom. The van der Waals surface area contributed by atoms with Crippen LogP contribution in [0.1, 0.15) is 41.1 Å². The van der Waals surface area contributed by atoms with Crippen molar-refractivity contribution in [3.05, 3.63) is 59.8 Å². The Balaban J connectivity index is 1.93. The zero-order valence-electron chi connectivity index (χ0n) is 14.3. The van der Waals surface area contributed by atoms with Crippen molar-refractivity contribution < 1.29 is 9.53 Å². The number of amides is 1. The molecular formula is C20H21N3O2. The molecule has 0 bridgehead atoms. The van der Waals surface area contributed by atoms with Crippen molar-refractivity contribution in [3.63, 3.8) is 0 Å². The summed E-state index contributed by atoms with van der Waals surface area (Å²) in [5.41, 5.74) is 1.40. The second-order valence-corrected chi connectivity index (χ2v) is 6.14. The monoisotopic (exact) mass is 335 g/mol. The van der Waals surface area contributed by atoms with Gasteiger partial charge in [-0.15, -0.1) is 0 Å². The fourth-order valence-electron chi connectivity index (χ4n) is 3.47. The predicted molar refractivity (Wildman–Crippen MR) is 94.3 cm³/mol. The lowest BCUT2D eigenvalue weighted by molar-refractivity contribution is 0.0592. The third-order valence-corrected chi connectivity index (χ3v) is 4.69. The SMILES string of the molecule is COc1ncccc1C(=O)N1CCCCC1C(C#N)c1ccccc1. The van der Waals surface area contributed by atoms with E-state index in [0.717, 1.165) is 24.8 Å². The van der Waals surface area contributed by atoms with Crippen molar-refractivity contribution in [2.75, 3.05) is 13.7 Å². The number of nitrogens with zero attached hydrogens (tertiary/aromatic N) is 3. The molecule has 2 aromatic rings. The number of piperidine rings is 1. The highest BCUT2D eigenvalue weighted by atomic mass is 16.5. The Bertz CT molecular complexity index is 770. The average molecular weight is 335 g/mol. The number of benzene rings is 1. The maximum Gasteiger partial charge on any atom is 0.259 e. The zero-order chi connectivity index (χ0) is 17.6. The second kappa shape index (κ2) is 7.80. The molecule has 25 heavy (non-hydrogen) atoms. The van der Waals surface area contributed by atoms with Crippen LogP contribution in [0, 0.1) is 11.3 Å². The fourth-order valence-corrected chi connectivity index (χ4v) is 3.47. The first-order valence-corrected chi connectivity index (χ1v) is 8.50. The van der Waals surface area contributed by atoms with Crippen molar-refractivity contribution in [2.45, 2.75) is 31.2 Å². The number of hydrogen-bond donors (Lipinski definition) is 0. The van der Waals surface area contributed by atoms with Gasteiger partial charge in [0.2, 0.25) is 5.88 Å². The highest BCUT2D eigenvalue weighted by Gasteiger charge is 2.35. The lowest BCUT2D eigenvalue weighted by Crippen LogP contribution is -2.46. The van der Waals surface area contributed by atoms with Crippen molar-refractivity contribution in [2.24, 2.45) is 0 Å². The molecule has 0 saturated carbocycles. The van der Waals surface area contributed by atoms with E-state index in [-0.39, 0.29) is 17.9 Å². The standard InChI is InChI=1S/C20H21N3O2/c1-25-19-16(10-7-12-22-19)20(24)23-13-6-5-11-18(23)17(14-21)15-8-3-2-4-9-15/h2-4,7-10,12,17-18H,5-6,11,13H2,1H3. The van der Waals surface area contributed by atoms with Gasteiger partial charge in [-0.05, 0) is 37.0 Å². The van der Waals surface area contributed by atoms with E-state index in [1.54, 1.807) is 18.3 Å². The number of likely N-dealkylation sites (tertiary alicyclic amines) is 1. The summed E-state index contributed by atoms with van der Waals surface area (Å²) in [5, 5.41) is 9.78. The fraction of sp³-hybridized carbons (Fsp3) is 0.350. The van der Waals surface area contributed by atoms with Gasteiger partial charge in [0, 0.05) is 12.7 Å².